The van der Waals surface area contributed by atoms with Crippen LogP contribution >= 0.6 is 12.2 Å². The van der Waals surface area contributed by atoms with Crippen molar-refractivity contribution in [3.05, 3.63) is 54.1 Å². The van der Waals surface area contributed by atoms with Gasteiger partial charge in [-0.25, -0.2) is 4.99 Å². The molecular formula is C19H19NO2S. The third kappa shape index (κ3) is 4.05. The van der Waals surface area contributed by atoms with Crippen molar-refractivity contribution in [1.82, 2.24) is 0 Å². The first-order chi connectivity index (χ1) is 11.3. The highest BCUT2D eigenvalue weighted by Crippen LogP contribution is 2.28. The Labute approximate surface area is 142 Å². The zero-order chi connectivity index (χ0) is 16.1. The molecule has 0 radical (unpaired) electrons. The van der Waals surface area contributed by atoms with E-state index >= 15 is 0 Å². The second kappa shape index (κ2) is 7.51. The molecule has 0 heterocycles. The number of hydrogen-bond donors (Lipinski definition) is 0. The molecule has 0 aliphatic heterocycles. The van der Waals surface area contributed by atoms with Crippen molar-refractivity contribution in [2.75, 3.05) is 7.11 Å². The fraction of sp³-hybridized carbons (Fsp3) is 0.316. The van der Waals surface area contributed by atoms with E-state index in [1.165, 1.54) is 11.1 Å². The molecule has 1 saturated carbocycles. The number of isothiocyanates is 1. The minimum Gasteiger partial charge on any atom is -0.497 e. The standard InChI is InChI=1S/C19H19NO2S/c1-21-18-4-2-3-16(9-18)15-7-5-14(6-8-15)12-22-19-10-17(11-19)20-13-23/h2-9,17,19H,10-12H2,1H3. The van der Waals surface area contributed by atoms with Crippen LogP contribution in [0, 0.1) is 0 Å². The summed E-state index contributed by atoms with van der Waals surface area (Å²) in [4.78, 5) is 4.07. The molecule has 0 unspecified atom stereocenters. The zero-order valence-electron chi connectivity index (χ0n) is 13.1. The van der Waals surface area contributed by atoms with E-state index in [1.54, 1.807) is 7.11 Å². The lowest BCUT2D eigenvalue weighted by Gasteiger charge is -2.31. The number of nitrogens with zero attached hydrogens (tertiary/aromatic N) is 1. The Bertz CT molecular complexity index is 702. The van der Waals surface area contributed by atoms with Gasteiger partial charge < -0.3 is 9.47 Å². The first kappa shape index (κ1) is 15.9. The zero-order valence-corrected chi connectivity index (χ0v) is 13.9. The van der Waals surface area contributed by atoms with Crippen molar-refractivity contribution >= 4 is 17.4 Å². The molecule has 0 atom stereocenters. The van der Waals surface area contributed by atoms with Crippen LogP contribution in [-0.2, 0) is 11.3 Å². The summed E-state index contributed by atoms with van der Waals surface area (Å²) in [6.45, 7) is 0.636. The van der Waals surface area contributed by atoms with E-state index in [2.05, 4.69) is 52.7 Å². The molecule has 0 N–H and O–H groups in total. The highest BCUT2D eigenvalue weighted by atomic mass is 32.1. The molecule has 23 heavy (non-hydrogen) atoms. The monoisotopic (exact) mass is 325 g/mol. The molecular weight excluding hydrogens is 306 g/mol. The smallest absolute Gasteiger partial charge is 0.119 e. The maximum atomic E-state index is 5.88. The molecule has 1 aliphatic rings. The van der Waals surface area contributed by atoms with Crippen LogP contribution in [0.5, 0.6) is 5.75 Å². The molecule has 0 aromatic heterocycles. The molecule has 1 aliphatic carbocycles. The number of ether oxygens (including phenoxy) is 2. The second-order valence-corrected chi connectivity index (χ2v) is 5.89. The highest BCUT2D eigenvalue weighted by Gasteiger charge is 2.29. The third-order valence-electron chi connectivity index (χ3n) is 4.15. The van der Waals surface area contributed by atoms with Gasteiger partial charge >= 0.3 is 0 Å². The Balaban J connectivity index is 1.56. The number of benzene rings is 2. The van der Waals surface area contributed by atoms with Crippen molar-refractivity contribution in [1.29, 1.82) is 0 Å². The fourth-order valence-corrected chi connectivity index (χ4v) is 2.81. The Hall–Kier alpha value is -2.00. The Morgan fingerprint density at radius 2 is 1.91 bits per heavy atom. The van der Waals surface area contributed by atoms with Crippen LogP contribution in [0.3, 0.4) is 0 Å². The quantitative estimate of drug-likeness (QED) is 0.578. The van der Waals surface area contributed by atoms with Crippen LogP contribution in [0.2, 0.25) is 0 Å². The Morgan fingerprint density at radius 3 is 2.61 bits per heavy atom. The SMILES string of the molecule is COc1cccc(-c2ccc(COC3CC(N=C=S)C3)cc2)c1. The summed E-state index contributed by atoms with van der Waals surface area (Å²) in [5.41, 5.74) is 3.50. The van der Waals surface area contributed by atoms with Crippen LogP contribution < -0.4 is 4.74 Å². The molecule has 0 amide bonds. The van der Waals surface area contributed by atoms with Gasteiger partial charge in [0.05, 0.1) is 31.0 Å². The first-order valence-electron chi connectivity index (χ1n) is 7.70. The Kier molecular flexibility index (Phi) is 5.19. The summed E-state index contributed by atoms with van der Waals surface area (Å²) < 4.78 is 11.2. The number of rotatable bonds is 6. The first-order valence-corrected chi connectivity index (χ1v) is 8.11. The molecule has 0 spiro atoms. The van der Waals surface area contributed by atoms with Crippen LogP contribution in [0.4, 0.5) is 0 Å². The van der Waals surface area contributed by atoms with E-state index < -0.39 is 0 Å². The molecule has 118 valence electrons. The summed E-state index contributed by atoms with van der Waals surface area (Å²) in [6, 6.07) is 16.8. The van der Waals surface area contributed by atoms with Gasteiger partial charge in [0.2, 0.25) is 0 Å². The van der Waals surface area contributed by atoms with Crippen molar-refractivity contribution in [3.8, 4) is 16.9 Å². The van der Waals surface area contributed by atoms with Gasteiger partial charge in [-0.3, -0.25) is 0 Å². The summed E-state index contributed by atoms with van der Waals surface area (Å²) in [6.07, 6.45) is 2.20. The third-order valence-corrected chi connectivity index (χ3v) is 4.25. The van der Waals surface area contributed by atoms with Crippen molar-refractivity contribution in [3.63, 3.8) is 0 Å². The fourth-order valence-electron chi connectivity index (χ4n) is 2.66. The maximum absolute atomic E-state index is 5.88. The summed E-state index contributed by atoms with van der Waals surface area (Å²) in [7, 11) is 1.68. The predicted molar refractivity (Wildman–Crippen MR) is 95.1 cm³/mol. The van der Waals surface area contributed by atoms with Gasteiger partial charge in [0.15, 0.2) is 0 Å². The summed E-state index contributed by atoms with van der Waals surface area (Å²) in [5.74, 6) is 0.869. The minimum atomic E-state index is 0.296. The van der Waals surface area contributed by atoms with Crippen LogP contribution in [-0.4, -0.2) is 24.4 Å². The van der Waals surface area contributed by atoms with Crippen molar-refractivity contribution in [2.45, 2.75) is 31.6 Å². The van der Waals surface area contributed by atoms with Crippen molar-refractivity contribution < 1.29 is 9.47 Å². The van der Waals surface area contributed by atoms with E-state index in [4.69, 9.17) is 9.47 Å². The largest absolute Gasteiger partial charge is 0.497 e. The number of thiocarbonyl (C=S) groups is 1. The van der Waals surface area contributed by atoms with Crippen molar-refractivity contribution in [2.24, 2.45) is 4.99 Å². The average molecular weight is 325 g/mol. The molecule has 0 bridgehead atoms. The number of hydrogen-bond acceptors (Lipinski definition) is 4. The van der Waals surface area contributed by atoms with Gasteiger partial charge in [0.1, 0.15) is 5.75 Å². The molecule has 2 aromatic rings. The maximum Gasteiger partial charge on any atom is 0.119 e. The lowest BCUT2D eigenvalue weighted by atomic mass is 9.90. The lowest BCUT2D eigenvalue weighted by Crippen LogP contribution is -2.34. The molecule has 1 fully saturated rings. The van der Waals surface area contributed by atoms with Gasteiger partial charge in [0.25, 0.3) is 0 Å². The van der Waals surface area contributed by atoms with Gasteiger partial charge in [-0.15, -0.1) is 0 Å². The average Bonchev–Trinajstić information content (AvgIpc) is 2.57. The van der Waals surface area contributed by atoms with E-state index in [9.17, 15) is 0 Å². The van der Waals surface area contributed by atoms with Gasteiger partial charge in [-0.1, -0.05) is 36.4 Å². The molecule has 3 nitrogen and oxygen atoms in total. The van der Waals surface area contributed by atoms with Gasteiger partial charge in [-0.2, -0.15) is 0 Å². The van der Waals surface area contributed by atoms with E-state index in [0.717, 1.165) is 24.2 Å². The summed E-state index contributed by atoms with van der Waals surface area (Å²) in [5, 5.41) is 2.44. The topological polar surface area (TPSA) is 30.8 Å². The van der Waals surface area contributed by atoms with Gasteiger partial charge in [0, 0.05) is 0 Å². The molecule has 4 heteroatoms. The number of methoxy groups -OCH3 is 1. The molecule has 0 saturated heterocycles. The minimum absolute atomic E-state index is 0.296. The van der Waals surface area contributed by atoms with E-state index in [-0.39, 0.29) is 0 Å². The second-order valence-electron chi connectivity index (χ2n) is 5.71. The summed E-state index contributed by atoms with van der Waals surface area (Å²) >= 11 is 4.61. The Morgan fingerprint density at radius 1 is 1.13 bits per heavy atom. The van der Waals surface area contributed by atoms with E-state index in [0.29, 0.717) is 18.8 Å². The molecule has 2 aromatic carbocycles. The highest BCUT2D eigenvalue weighted by molar-refractivity contribution is 7.78. The van der Waals surface area contributed by atoms with E-state index in [1.807, 2.05) is 18.2 Å². The molecule has 3 rings (SSSR count). The predicted octanol–water partition coefficient (Wildman–Crippen LogP) is 4.51. The van der Waals surface area contributed by atoms with Crippen LogP contribution in [0.1, 0.15) is 18.4 Å². The van der Waals surface area contributed by atoms with Crippen LogP contribution in [0.15, 0.2) is 53.5 Å². The lowest BCUT2D eigenvalue weighted by molar-refractivity contribution is -0.0182. The van der Waals surface area contributed by atoms with Crippen LogP contribution in [0.25, 0.3) is 11.1 Å². The number of aliphatic imine (C=N–C) groups is 1. The normalized spacial score (nSPS) is 19.5. The van der Waals surface area contributed by atoms with Gasteiger partial charge in [-0.05, 0) is 53.9 Å².